The fraction of sp³-hybridized carbons (Fsp3) is 0.235. The molecule has 0 fully saturated rings. The van der Waals surface area contributed by atoms with Gasteiger partial charge in [0, 0.05) is 12.0 Å². The minimum atomic E-state index is -4.83. The van der Waals surface area contributed by atoms with Crippen LogP contribution in [0.15, 0.2) is 36.4 Å². The Hall–Kier alpha value is -2.35. The summed E-state index contributed by atoms with van der Waals surface area (Å²) in [6, 6.07) is 6.76. The number of hydrogen-bond donors (Lipinski definition) is 0. The average Bonchev–Trinajstić information content (AvgIpc) is 2.82. The third-order valence-corrected chi connectivity index (χ3v) is 4.03. The lowest BCUT2D eigenvalue weighted by Gasteiger charge is -2.15. The van der Waals surface area contributed by atoms with Crippen molar-refractivity contribution in [3.63, 3.8) is 0 Å². The number of benzene rings is 2. The van der Waals surface area contributed by atoms with Crippen LogP contribution in [0.25, 0.3) is 0 Å². The van der Waals surface area contributed by atoms with E-state index in [9.17, 15) is 26.7 Å². The van der Waals surface area contributed by atoms with Crippen molar-refractivity contribution in [2.75, 3.05) is 0 Å². The molecule has 0 aromatic heterocycles. The topological polar surface area (TPSA) is 35.5 Å². The molecule has 0 saturated heterocycles. The maximum absolute atomic E-state index is 13.8. The van der Waals surface area contributed by atoms with Gasteiger partial charge in [-0.15, -0.1) is 13.2 Å². The van der Waals surface area contributed by atoms with Crippen molar-refractivity contribution >= 4 is 16.8 Å². The summed E-state index contributed by atoms with van der Waals surface area (Å²) in [7, 11) is 0. The Morgan fingerprint density at radius 1 is 1.04 bits per heavy atom. The SMILES string of the molecule is O=C(Cl)c1c(Oc2ccc(OC(F)(F)F)cc2)ccc2c1CCC2(F)F. The van der Waals surface area contributed by atoms with Crippen molar-refractivity contribution in [1.29, 1.82) is 0 Å². The van der Waals surface area contributed by atoms with E-state index in [2.05, 4.69) is 4.74 Å². The lowest BCUT2D eigenvalue weighted by Crippen LogP contribution is -2.16. The van der Waals surface area contributed by atoms with E-state index in [1.807, 2.05) is 0 Å². The fourth-order valence-corrected chi connectivity index (χ4v) is 2.99. The molecule has 9 heteroatoms. The maximum Gasteiger partial charge on any atom is 0.573 e. The van der Waals surface area contributed by atoms with Gasteiger partial charge in [0.1, 0.15) is 17.2 Å². The molecule has 138 valence electrons. The van der Waals surface area contributed by atoms with Gasteiger partial charge in [-0.1, -0.05) is 0 Å². The Morgan fingerprint density at radius 3 is 2.23 bits per heavy atom. The van der Waals surface area contributed by atoms with Gasteiger partial charge in [0.05, 0.1) is 5.56 Å². The summed E-state index contributed by atoms with van der Waals surface area (Å²) in [4.78, 5) is 11.7. The highest BCUT2D eigenvalue weighted by atomic mass is 35.5. The van der Waals surface area contributed by atoms with E-state index in [1.165, 1.54) is 18.2 Å². The summed E-state index contributed by atoms with van der Waals surface area (Å²) in [6.07, 6.45) is -5.30. The Bertz CT molecular complexity index is 847. The average molecular weight is 393 g/mol. The van der Waals surface area contributed by atoms with Crippen LogP contribution < -0.4 is 9.47 Å². The molecule has 0 radical (unpaired) electrons. The molecule has 26 heavy (non-hydrogen) atoms. The number of ether oxygens (including phenoxy) is 2. The summed E-state index contributed by atoms with van der Waals surface area (Å²) < 4.78 is 73.3. The van der Waals surface area contributed by atoms with Gasteiger partial charge in [-0.2, -0.15) is 0 Å². The molecular formula is C17H10ClF5O3. The molecule has 2 aromatic rings. The van der Waals surface area contributed by atoms with Crippen LogP contribution in [0.3, 0.4) is 0 Å². The molecule has 0 spiro atoms. The minimum Gasteiger partial charge on any atom is -0.457 e. The summed E-state index contributed by atoms with van der Waals surface area (Å²) in [6.45, 7) is 0. The molecule has 0 unspecified atom stereocenters. The second kappa shape index (κ2) is 6.42. The fourth-order valence-electron chi connectivity index (χ4n) is 2.78. The molecule has 2 aromatic carbocycles. The molecule has 1 aliphatic rings. The van der Waals surface area contributed by atoms with Crippen molar-refractivity contribution in [3.8, 4) is 17.2 Å². The third-order valence-electron chi connectivity index (χ3n) is 3.84. The molecule has 0 aliphatic heterocycles. The normalized spacial score (nSPS) is 15.5. The van der Waals surface area contributed by atoms with E-state index in [4.69, 9.17) is 16.3 Å². The van der Waals surface area contributed by atoms with E-state index in [1.54, 1.807) is 0 Å². The number of rotatable bonds is 4. The number of fused-ring (bicyclic) bond motifs is 1. The predicted molar refractivity (Wildman–Crippen MR) is 82.0 cm³/mol. The van der Waals surface area contributed by atoms with Gasteiger partial charge >= 0.3 is 6.36 Å². The molecule has 3 nitrogen and oxygen atoms in total. The van der Waals surface area contributed by atoms with Gasteiger partial charge < -0.3 is 9.47 Å². The van der Waals surface area contributed by atoms with Crippen LogP contribution in [0.5, 0.6) is 17.2 Å². The van der Waals surface area contributed by atoms with Crippen LogP contribution in [0.2, 0.25) is 0 Å². The molecular weight excluding hydrogens is 383 g/mol. The largest absolute Gasteiger partial charge is 0.573 e. The number of hydrogen-bond acceptors (Lipinski definition) is 3. The highest BCUT2D eigenvalue weighted by Gasteiger charge is 2.41. The van der Waals surface area contributed by atoms with E-state index >= 15 is 0 Å². The first kappa shape index (κ1) is 18.4. The number of carbonyl (C=O) groups excluding carboxylic acids is 1. The van der Waals surface area contributed by atoms with Crippen molar-refractivity contribution in [1.82, 2.24) is 0 Å². The standard InChI is InChI=1S/C17H10ClF5O3/c18-15(24)14-11-7-8-16(19,20)12(11)5-6-13(14)25-9-1-3-10(4-2-9)26-17(21,22)23/h1-6H,7-8H2. The first-order valence-electron chi connectivity index (χ1n) is 7.34. The molecule has 0 N–H and O–H groups in total. The second-order valence-electron chi connectivity index (χ2n) is 5.56. The predicted octanol–water partition coefficient (Wildman–Crippen LogP) is 5.79. The molecule has 0 amide bonds. The second-order valence-corrected chi connectivity index (χ2v) is 5.91. The Balaban J connectivity index is 1.90. The monoisotopic (exact) mass is 392 g/mol. The van der Waals surface area contributed by atoms with E-state index < -0.39 is 29.7 Å². The number of halogens is 6. The van der Waals surface area contributed by atoms with Gasteiger partial charge in [-0.05, 0) is 60.0 Å². The molecule has 0 heterocycles. The zero-order valence-electron chi connectivity index (χ0n) is 12.9. The Kier molecular flexibility index (Phi) is 4.56. The van der Waals surface area contributed by atoms with Gasteiger partial charge in [0.25, 0.3) is 11.2 Å². The van der Waals surface area contributed by atoms with Crippen LogP contribution in [-0.4, -0.2) is 11.6 Å². The van der Waals surface area contributed by atoms with Crippen molar-refractivity contribution in [2.45, 2.75) is 25.1 Å². The molecule has 0 saturated carbocycles. The highest BCUT2D eigenvalue weighted by molar-refractivity contribution is 6.68. The van der Waals surface area contributed by atoms with Gasteiger partial charge in [0.15, 0.2) is 0 Å². The number of alkyl halides is 5. The first-order chi connectivity index (χ1) is 12.1. The van der Waals surface area contributed by atoms with E-state index in [0.29, 0.717) is 0 Å². The summed E-state index contributed by atoms with van der Waals surface area (Å²) in [5.74, 6) is -3.47. The zero-order chi connectivity index (χ0) is 19.1. The van der Waals surface area contributed by atoms with Crippen LogP contribution in [-0.2, 0) is 12.3 Å². The van der Waals surface area contributed by atoms with E-state index in [0.717, 1.165) is 18.2 Å². The van der Waals surface area contributed by atoms with Crippen molar-refractivity contribution in [3.05, 3.63) is 53.1 Å². The smallest absolute Gasteiger partial charge is 0.457 e. The Labute approximate surface area is 149 Å². The zero-order valence-corrected chi connectivity index (χ0v) is 13.6. The van der Waals surface area contributed by atoms with Crippen LogP contribution in [0.1, 0.15) is 27.9 Å². The highest BCUT2D eigenvalue weighted by Crippen LogP contribution is 2.46. The first-order valence-corrected chi connectivity index (χ1v) is 7.72. The molecule has 1 aliphatic carbocycles. The molecule has 3 rings (SSSR count). The van der Waals surface area contributed by atoms with Gasteiger partial charge in [0.2, 0.25) is 0 Å². The van der Waals surface area contributed by atoms with Crippen LogP contribution >= 0.6 is 11.6 Å². The Morgan fingerprint density at radius 2 is 1.65 bits per heavy atom. The maximum atomic E-state index is 13.8. The van der Waals surface area contributed by atoms with Crippen LogP contribution in [0, 0.1) is 0 Å². The van der Waals surface area contributed by atoms with E-state index in [-0.39, 0.29) is 34.6 Å². The lowest BCUT2D eigenvalue weighted by atomic mass is 10.0. The quantitative estimate of drug-likeness (QED) is 0.487. The summed E-state index contributed by atoms with van der Waals surface area (Å²) >= 11 is 5.54. The molecule has 0 bridgehead atoms. The van der Waals surface area contributed by atoms with Gasteiger partial charge in [-0.25, -0.2) is 8.78 Å². The van der Waals surface area contributed by atoms with Gasteiger partial charge in [-0.3, -0.25) is 4.79 Å². The van der Waals surface area contributed by atoms with Crippen LogP contribution in [0.4, 0.5) is 22.0 Å². The summed E-state index contributed by atoms with van der Waals surface area (Å²) in [5.41, 5.74) is -0.329. The minimum absolute atomic E-state index is 0.0360. The van der Waals surface area contributed by atoms with Crippen molar-refractivity contribution < 1.29 is 36.2 Å². The third kappa shape index (κ3) is 3.75. The lowest BCUT2D eigenvalue weighted by molar-refractivity contribution is -0.274. The van der Waals surface area contributed by atoms with Crippen molar-refractivity contribution in [2.24, 2.45) is 0 Å². The molecule has 0 atom stereocenters. The summed E-state index contributed by atoms with van der Waals surface area (Å²) in [5, 5.41) is -0.952. The number of carbonyl (C=O) groups is 1.